The molecule has 2 aliphatic rings. The maximum absolute atomic E-state index is 12.8. The third kappa shape index (κ3) is 7.51. The number of anilines is 1. The minimum absolute atomic E-state index is 0.104. The van der Waals surface area contributed by atoms with Gasteiger partial charge in [-0.05, 0) is 38.2 Å². The number of benzene rings is 1. The lowest BCUT2D eigenvalue weighted by Crippen LogP contribution is -2.50. The molecule has 4 rings (SSSR count). The number of nitrogens with zero attached hydrogens (tertiary/aromatic N) is 3. The van der Waals surface area contributed by atoms with Crippen LogP contribution in [0.4, 0.5) is 5.95 Å². The molecule has 2 aromatic rings. The number of piperidine rings is 1. The minimum Gasteiger partial charge on any atom is -0.478 e. The first-order chi connectivity index (χ1) is 17.3. The van der Waals surface area contributed by atoms with Crippen molar-refractivity contribution in [3.05, 3.63) is 59.8 Å². The number of nitrogens with two attached hydrogens (primary N) is 1. The second-order valence-corrected chi connectivity index (χ2v) is 8.57. The highest BCUT2D eigenvalue weighted by Crippen LogP contribution is 2.37. The van der Waals surface area contributed by atoms with Gasteiger partial charge >= 0.3 is 11.9 Å². The number of fused-ring (bicyclic) bond motifs is 2. The molecule has 192 valence electrons. The normalized spacial score (nSPS) is 20.9. The van der Waals surface area contributed by atoms with Crippen LogP contribution in [-0.4, -0.2) is 67.7 Å². The van der Waals surface area contributed by atoms with Crippen molar-refractivity contribution in [2.24, 2.45) is 0 Å². The van der Waals surface area contributed by atoms with Gasteiger partial charge in [0.25, 0.3) is 5.91 Å². The Morgan fingerprint density at radius 1 is 1.11 bits per heavy atom. The summed E-state index contributed by atoms with van der Waals surface area (Å²) in [6.07, 6.45) is 6.88. The van der Waals surface area contributed by atoms with Crippen LogP contribution in [-0.2, 0) is 16.1 Å². The number of amides is 1. The van der Waals surface area contributed by atoms with Gasteiger partial charge < -0.3 is 26.0 Å². The number of hydrogen-bond acceptors (Lipinski definition) is 8. The van der Waals surface area contributed by atoms with E-state index in [-0.39, 0.29) is 23.8 Å². The second-order valence-electron chi connectivity index (χ2n) is 8.57. The Hall–Kier alpha value is -3.99. The first-order valence-electron chi connectivity index (χ1n) is 11.8. The summed E-state index contributed by atoms with van der Waals surface area (Å²) in [5.74, 6) is -2.35. The standard InChI is InChI=1S/C21H27N5O2.C4H4O4/c1-2-28-20-18(12-23-21(22)25-20)19(27)24-15-10-16-8-9-17(11-15)26(16)13-14-6-4-3-5-7-14;5-3(6)1-2-4(7)8/h3-7,12,15-17H,2,8-11,13H2,1H3,(H,24,27)(H2,22,23,25);1-2H,(H,5,6)(H,7,8). The number of nitrogens with one attached hydrogen (secondary N) is 1. The molecule has 3 heterocycles. The molecule has 2 bridgehead atoms. The highest BCUT2D eigenvalue weighted by molar-refractivity contribution is 5.96. The Morgan fingerprint density at radius 2 is 1.72 bits per heavy atom. The Labute approximate surface area is 209 Å². The molecule has 0 spiro atoms. The lowest BCUT2D eigenvalue weighted by molar-refractivity contribution is -0.134. The minimum atomic E-state index is -1.26. The van der Waals surface area contributed by atoms with Gasteiger partial charge in [0.05, 0.1) is 6.61 Å². The number of aromatic nitrogens is 2. The number of carbonyl (C=O) groups excluding carboxylic acids is 1. The molecule has 36 heavy (non-hydrogen) atoms. The third-order valence-electron chi connectivity index (χ3n) is 6.09. The van der Waals surface area contributed by atoms with E-state index in [2.05, 4.69) is 50.5 Å². The number of carbonyl (C=O) groups is 3. The van der Waals surface area contributed by atoms with Crippen LogP contribution >= 0.6 is 0 Å². The fraction of sp³-hybridized carbons (Fsp3) is 0.400. The van der Waals surface area contributed by atoms with Crippen LogP contribution in [0, 0.1) is 0 Å². The molecule has 2 unspecified atom stereocenters. The monoisotopic (exact) mass is 497 g/mol. The summed E-state index contributed by atoms with van der Waals surface area (Å²) >= 11 is 0. The van der Waals surface area contributed by atoms with Crippen LogP contribution in [0.1, 0.15) is 48.5 Å². The van der Waals surface area contributed by atoms with Gasteiger partial charge in [0.2, 0.25) is 11.8 Å². The first kappa shape index (κ1) is 26.6. The van der Waals surface area contributed by atoms with Gasteiger partial charge in [-0.1, -0.05) is 30.3 Å². The summed E-state index contributed by atoms with van der Waals surface area (Å²) in [6, 6.07) is 11.8. The van der Waals surface area contributed by atoms with Crippen molar-refractivity contribution >= 4 is 23.8 Å². The zero-order chi connectivity index (χ0) is 26.1. The number of carboxylic acid groups (broad SMARTS) is 2. The predicted octanol–water partition coefficient (Wildman–Crippen LogP) is 2.09. The Balaban J connectivity index is 0.000000392. The van der Waals surface area contributed by atoms with Crippen molar-refractivity contribution in [1.29, 1.82) is 0 Å². The van der Waals surface area contributed by atoms with Crippen molar-refractivity contribution in [3.63, 3.8) is 0 Å². The van der Waals surface area contributed by atoms with E-state index in [1.54, 1.807) is 0 Å². The smallest absolute Gasteiger partial charge is 0.328 e. The van der Waals surface area contributed by atoms with E-state index in [9.17, 15) is 14.4 Å². The van der Waals surface area contributed by atoms with E-state index >= 15 is 0 Å². The van der Waals surface area contributed by atoms with Gasteiger partial charge in [0.15, 0.2) is 0 Å². The SMILES string of the molecule is CCOc1nc(N)ncc1C(=O)NC1CC2CCC(C1)N2Cc1ccccc1.O=C(O)C=CC(=O)O. The Bertz CT molecular complexity index is 1060. The second kappa shape index (κ2) is 12.6. The van der Waals surface area contributed by atoms with Crippen LogP contribution in [0.25, 0.3) is 0 Å². The number of carboxylic acids is 2. The van der Waals surface area contributed by atoms with Crippen molar-refractivity contribution in [2.75, 3.05) is 12.3 Å². The molecule has 2 aliphatic heterocycles. The summed E-state index contributed by atoms with van der Waals surface area (Å²) in [6.45, 7) is 3.25. The molecule has 2 saturated heterocycles. The average Bonchev–Trinajstić information content (AvgIpc) is 3.06. The summed E-state index contributed by atoms with van der Waals surface area (Å²) in [5, 5.41) is 18.8. The molecule has 0 aliphatic carbocycles. The topological polar surface area (TPSA) is 168 Å². The van der Waals surface area contributed by atoms with Crippen LogP contribution in [0.3, 0.4) is 0 Å². The molecule has 1 aromatic carbocycles. The molecule has 11 nitrogen and oxygen atoms in total. The van der Waals surface area contributed by atoms with E-state index in [1.807, 2.05) is 6.92 Å². The van der Waals surface area contributed by atoms with E-state index in [4.69, 9.17) is 20.7 Å². The average molecular weight is 498 g/mol. The summed E-state index contributed by atoms with van der Waals surface area (Å²) in [4.78, 5) is 42.5. The fourth-order valence-electron chi connectivity index (χ4n) is 4.63. The Kier molecular flexibility index (Phi) is 9.34. The number of rotatable bonds is 8. The van der Waals surface area contributed by atoms with Crippen molar-refractivity contribution < 1.29 is 29.3 Å². The predicted molar refractivity (Wildman–Crippen MR) is 131 cm³/mol. The molecule has 1 aromatic heterocycles. The Morgan fingerprint density at radius 3 is 2.28 bits per heavy atom. The zero-order valence-corrected chi connectivity index (χ0v) is 20.0. The van der Waals surface area contributed by atoms with Gasteiger partial charge in [-0.15, -0.1) is 0 Å². The number of aliphatic carboxylic acids is 2. The zero-order valence-electron chi connectivity index (χ0n) is 20.0. The number of hydrogen-bond donors (Lipinski definition) is 4. The van der Waals surface area contributed by atoms with Crippen LogP contribution in [0.5, 0.6) is 5.88 Å². The molecule has 11 heteroatoms. The van der Waals surface area contributed by atoms with Gasteiger partial charge in [-0.2, -0.15) is 4.98 Å². The summed E-state index contributed by atoms with van der Waals surface area (Å²) in [7, 11) is 0. The van der Waals surface area contributed by atoms with Gasteiger partial charge in [-0.25, -0.2) is 14.6 Å². The molecule has 1 amide bonds. The van der Waals surface area contributed by atoms with Crippen LogP contribution < -0.4 is 15.8 Å². The quantitative estimate of drug-likeness (QED) is 0.396. The van der Waals surface area contributed by atoms with Gasteiger partial charge in [0.1, 0.15) is 5.56 Å². The molecule has 2 atom stereocenters. The van der Waals surface area contributed by atoms with Crippen molar-refractivity contribution in [1.82, 2.24) is 20.2 Å². The van der Waals surface area contributed by atoms with Crippen LogP contribution in [0.2, 0.25) is 0 Å². The molecule has 5 N–H and O–H groups in total. The lowest BCUT2D eigenvalue weighted by Gasteiger charge is -2.39. The van der Waals surface area contributed by atoms with Crippen molar-refractivity contribution in [2.45, 2.75) is 57.3 Å². The highest BCUT2D eigenvalue weighted by atomic mass is 16.5. The lowest BCUT2D eigenvalue weighted by atomic mass is 9.96. The van der Waals surface area contributed by atoms with Gasteiger partial charge in [-0.3, -0.25) is 9.69 Å². The van der Waals surface area contributed by atoms with E-state index in [1.165, 1.54) is 24.6 Å². The third-order valence-corrected chi connectivity index (χ3v) is 6.09. The fourth-order valence-corrected chi connectivity index (χ4v) is 4.63. The van der Waals surface area contributed by atoms with Crippen LogP contribution in [0.15, 0.2) is 48.7 Å². The van der Waals surface area contributed by atoms with E-state index < -0.39 is 11.9 Å². The molecular weight excluding hydrogens is 466 g/mol. The number of nitrogen functional groups attached to an aromatic ring is 1. The molecule has 2 fully saturated rings. The summed E-state index contributed by atoms with van der Waals surface area (Å²) in [5.41, 5.74) is 7.32. The maximum Gasteiger partial charge on any atom is 0.328 e. The number of ether oxygens (including phenoxy) is 1. The van der Waals surface area contributed by atoms with Crippen molar-refractivity contribution in [3.8, 4) is 5.88 Å². The first-order valence-corrected chi connectivity index (χ1v) is 11.8. The van der Waals surface area contributed by atoms with E-state index in [0.717, 1.165) is 19.4 Å². The van der Waals surface area contributed by atoms with Gasteiger partial charge in [0, 0.05) is 43.0 Å². The highest BCUT2D eigenvalue weighted by Gasteiger charge is 2.41. The summed E-state index contributed by atoms with van der Waals surface area (Å²) < 4.78 is 5.47. The molecule has 0 radical (unpaired) electrons. The van der Waals surface area contributed by atoms with E-state index in [0.29, 0.717) is 36.4 Å². The largest absolute Gasteiger partial charge is 0.478 e. The molecular formula is C25H31N5O6. The molecule has 0 saturated carbocycles. The maximum atomic E-state index is 12.8.